The first kappa shape index (κ1) is 13.0. The van der Waals surface area contributed by atoms with Gasteiger partial charge in [0.1, 0.15) is 0 Å². The molecule has 1 heterocycles. The Bertz CT molecular complexity index is 307. The number of carbonyl (C=O) groups is 1. The molecular weight excluding hydrogens is 210 g/mol. The highest BCUT2D eigenvalue weighted by Gasteiger charge is 2.48. The minimum Gasteiger partial charge on any atom is -0.479 e. The Morgan fingerprint density at radius 3 is 2.94 bits per heavy atom. The number of carboxylic acid groups (broad SMARTS) is 1. The first-order chi connectivity index (χ1) is 7.67. The molecule has 0 aromatic heterocycles. The summed E-state index contributed by atoms with van der Waals surface area (Å²) in [7, 11) is 0. The lowest BCUT2D eigenvalue weighted by Gasteiger charge is -2.25. The van der Waals surface area contributed by atoms with Gasteiger partial charge in [-0.1, -0.05) is 19.3 Å². The number of hydrogen-bond acceptors (Lipinski definition) is 4. The first-order valence-electron chi connectivity index (χ1n) is 5.50. The van der Waals surface area contributed by atoms with Gasteiger partial charge >= 0.3 is 5.97 Å². The second-order valence-corrected chi connectivity index (χ2v) is 3.86. The molecule has 1 fully saturated rings. The van der Waals surface area contributed by atoms with E-state index in [1.165, 1.54) is 0 Å². The van der Waals surface area contributed by atoms with Crippen LogP contribution in [0.15, 0.2) is 0 Å². The highest BCUT2D eigenvalue weighted by atomic mass is 17.2. The van der Waals surface area contributed by atoms with Gasteiger partial charge in [-0.2, -0.15) is 0 Å². The van der Waals surface area contributed by atoms with Gasteiger partial charge < -0.3 is 5.11 Å². The monoisotopic (exact) mass is 227 g/mol. The van der Waals surface area contributed by atoms with E-state index in [1.54, 1.807) is 0 Å². The lowest BCUT2D eigenvalue weighted by Crippen LogP contribution is -2.48. The van der Waals surface area contributed by atoms with Crippen LogP contribution in [0.25, 0.3) is 0 Å². The largest absolute Gasteiger partial charge is 0.479 e. The summed E-state index contributed by atoms with van der Waals surface area (Å²) in [4.78, 5) is 15.3. The summed E-state index contributed by atoms with van der Waals surface area (Å²) in [5.41, 5.74) is -1.37. The number of hydroxylamine groups is 2. The molecule has 0 amide bonds. The molecular formula is C11H17NO4. The van der Waals surface area contributed by atoms with Gasteiger partial charge in [0, 0.05) is 13.0 Å². The molecule has 1 aliphatic heterocycles. The van der Waals surface area contributed by atoms with Gasteiger partial charge in [0.25, 0.3) is 0 Å². The molecule has 1 atom stereocenters. The van der Waals surface area contributed by atoms with E-state index in [9.17, 15) is 9.90 Å². The van der Waals surface area contributed by atoms with Crippen molar-refractivity contribution in [3.63, 3.8) is 0 Å². The molecule has 0 saturated carbocycles. The smallest absolute Gasteiger partial charge is 0.339 e. The second kappa shape index (κ2) is 5.85. The highest BCUT2D eigenvalue weighted by molar-refractivity contribution is 5.83. The highest BCUT2D eigenvalue weighted by Crippen LogP contribution is 2.29. The average Bonchev–Trinajstić information content (AvgIpc) is 2.68. The van der Waals surface area contributed by atoms with Crippen molar-refractivity contribution >= 4 is 5.97 Å². The minimum atomic E-state index is -1.37. The maximum atomic E-state index is 11.2. The summed E-state index contributed by atoms with van der Waals surface area (Å²) in [6.07, 6.45) is 3.67. The van der Waals surface area contributed by atoms with Crippen LogP contribution < -0.4 is 0 Å². The Morgan fingerprint density at radius 1 is 1.62 bits per heavy atom. The van der Waals surface area contributed by atoms with E-state index < -0.39 is 11.5 Å². The predicted molar refractivity (Wildman–Crippen MR) is 57.3 cm³/mol. The van der Waals surface area contributed by atoms with E-state index >= 15 is 0 Å². The quantitative estimate of drug-likeness (QED) is 0.329. The Balaban J connectivity index is 2.79. The standard InChI is InChI=1S/C11H17NO4/c1-2-3-4-5-7-11(10(13)14)8-6-9-12(11)16-15/h15H,2-4,6,8-9H2,1H3,(H,13,14)/t11-/m0/s1. The molecule has 0 radical (unpaired) electrons. The third-order valence-corrected chi connectivity index (χ3v) is 2.73. The van der Waals surface area contributed by atoms with Gasteiger partial charge in [-0.05, 0) is 19.3 Å². The normalized spacial score (nSPS) is 25.1. The zero-order chi connectivity index (χ0) is 12.0. The molecule has 0 aliphatic carbocycles. The van der Waals surface area contributed by atoms with Crippen LogP contribution in [0, 0.1) is 11.8 Å². The van der Waals surface area contributed by atoms with E-state index in [-0.39, 0.29) is 0 Å². The lowest BCUT2D eigenvalue weighted by atomic mass is 9.98. The molecule has 0 bridgehead atoms. The van der Waals surface area contributed by atoms with Crippen LogP contribution in [0.3, 0.4) is 0 Å². The van der Waals surface area contributed by atoms with Crippen molar-refractivity contribution in [2.24, 2.45) is 0 Å². The van der Waals surface area contributed by atoms with Crippen LogP contribution in [0.4, 0.5) is 0 Å². The molecule has 1 aliphatic rings. The molecule has 90 valence electrons. The van der Waals surface area contributed by atoms with Crippen LogP contribution in [-0.4, -0.2) is 33.5 Å². The molecule has 5 heteroatoms. The van der Waals surface area contributed by atoms with E-state index in [4.69, 9.17) is 5.26 Å². The fraction of sp³-hybridized carbons (Fsp3) is 0.727. The van der Waals surface area contributed by atoms with E-state index in [1.807, 2.05) is 6.92 Å². The lowest BCUT2D eigenvalue weighted by molar-refractivity contribution is -0.406. The fourth-order valence-electron chi connectivity index (χ4n) is 1.77. The average molecular weight is 227 g/mol. The van der Waals surface area contributed by atoms with E-state index in [0.717, 1.165) is 17.9 Å². The van der Waals surface area contributed by atoms with Crippen molar-refractivity contribution < 1.29 is 20.1 Å². The summed E-state index contributed by atoms with van der Waals surface area (Å²) < 4.78 is 0. The number of unbranched alkanes of at least 4 members (excludes halogenated alkanes) is 2. The summed E-state index contributed by atoms with van der Waals surface area (Å²) in [6, 6.07) is 0. The number of aliphatic carboxylic acids is 1. The molecule has 0 unspecified atom stereocenters. The molecule has 1 saturated heterocycles. The number of carboxylic acids is 1. The first-order valence-corrected chi connectivity index (χ1v) is 5.50. The molecule has 0 aromatic carbocycles. The molecule has 2 N–H and O–H groups in total. The molecule has 5 nitrogen and oxygen atoms in total. The van der Waals surface area contributed by atoms with Crippen molar-refractivity contribution in [1.29, 1.82) is 0 Å². The zero-order valence-electron chi connectivity index (χ0n) is 9.40. The molecule has 0 spiro atoms. The van der Waals surface area contributed by atoms with Gasteiger partial charge in [0.05, 0.1) is 0 Å². The third-order valence-electron chi connectivity index (χ3n) is 2.73. The summed E-state index contributed by atoms with van der Waals surface area (Å²) in [5, 5.41) is 18.9. The van der Waals surface area contributed by atoms with Crippen LogP contribution in [0.1, 0.15) is 39.0 Å². The Hall–Kier alpha value is -1.09. The van der Waals surface area contributed by atoms with Crippen molar-refractivity contribution in [3.8, 4) is 11.8 Å². The second-order valence-electron chi connectivity index (χ2n) is 3.86. The summed E-state index contributed by atoms with van der Waals surface area (Å²) in [5.74, 6) is 4.51. The number of hydrogen-bond donors (Lipinski definition) is 2. The Kier molecular flexibility index (Phi) is 4.74. The topological polar surface area (TPSA) is 70.0 Å². The van der Waals surface area contributed by atoms with Gasteiger partial charge in [-0.3, -0.25) is 0 Å². The van der Waals surface area contributed by atoms with Gasteiger partial charge in [0.2, 0.25) is 5.54 Å². The number of nitrogens with zero attached hydrogens (tertiary/aromatic N) is 1. The van der Waals surface area contributed by atoms with E-state index in [2.05, 4.69) is 16.8 Å². The molecule has 16 heavy (non-hydrogen) atoms. The van der Waals surface area contributed by atoms with Crippen molar-refractivity contribution in [1.82, 2.24) is 5.06 Å². The van der Waals surface area contributed by atoms with Crippen molar-refractivity contribution in [2.75, 3.05) is 6.54 Å². The molecule has 1 rings (SSSR count). The van der Waals surface area contributed by atoms with Crippen LogP contribution in [0.2, 0.25) is 0 Å². The maximum Gasteiger partial charge on any atom is 0.339 e. The van der Waals surface area contributed by atoms with Crippen LogP contribution >= 0.6 is 0 Å². The Morgan fingerprint density at radius 2 is 2.38 bits per heavy atom. The van der Waals surface area contributed by atoms with Crippen molar-refractivity contribution in [2.45, 2.75) is 44.6 Å². The molecule has 0 aromatic rings. The third kappa shape index (κ3) is 2.53. The summed E-state index contributed by atoms with van der Waals surface area (Å²) in [6.45, 7) is 2.43. The fourth-order valence-corrected chi connectivity index (χ4v) is 1.77. The Labute approximate surface area is 94.9 Å². The minimum absolute atomic E-state index is 0.377. The number of rotatable bonds is 4. The van der Waals surface area contributed by atoms with Crippen LogP contribution in [0.5, 0.6) is 0 Å². The van der Waals surface area contributed by atoms with E-state index in [0.29, 0.717) is 25.8 Å². The van der Waals surface area contributed by atoms with Crippen LogP contribution in [-0.2, 0) is 9.78 Å². The zero-order valence-corrected chi connectivity index (χ0v) is 9.40. The van der Waals surface area contributed by atoms with Gasteiger partial charge in [-0.15, -0.1) is 16.0 Å². The summed E-state index contributed by atoms with van der Waals surface area (Å²) >= 11 is 0. The van der Waals surface area contributed by atoms with Gasteiger partial charge in [-0.25, -0.2) is 10.1 Å². The van der Waals surface area contributed by atoms with Crippen molar-refractivity contribution in [3.05, 3.63) is 0 Å². The maximum absolute atomic E-state index is 11.2. The predicted octanol–water partition coefficient (Wildman–Crippen LogP) is 1.50. The van der Waals surface area contributed by atoms with Gasteiger partial charge in [0.15, 0.2) is 0 Å². The SMILES string of the molecule is CCCCC#C[C@@]1(C(=O)O)CCCN1OO.